The Morgan fingerprint density at radius 3 is 2.29 bits per heavy atom. The van der Waals surface area contributed by atoms with E-state index in [2.05, 4.69) is 61.0 Å². The highest BCUT2D eigenvalue weighted by Gasteiger charge is 2.45. The van der Waals surface area contributed by atoms with E-state index in [0.717, 1.165) is 16.5 Å². The summed E-state index contributed by atoms with van der Waals surface area (Å²) in [6, 6.07) is 16.5. The molecule has 1 aliphatic carbocycles. The van der Waals surface area contributed by atoms with Crippen molar-refractivity contribution in [2.75, 3.05) is 0 Å². The molecule has 2 aromatic carbocycles. The topological polar surface area (TPSA) is 26.3 Å². The van der Waals surface area contributed by atoms with Crippen LogP contribution in [0.3, 0.4) is 0 Å². The molecule has 1 aliphatic rings. The highest BCUT2D eigenvalue weighted by Crippen LogP contribution is 2.48. The van der Waals surface area contributed by atoms with Gasteiger partial charge in [-0.2, -0.15) is 0 Å². The molecule has 0 heterocycles. The first kappa shape index (κ1) is 17.2. The van der Waals surface area contributed by atoms with Gasteiger partial charge in [0, 0.05) is 4.47 Å². The fourth-order valence-electron chi connectivity index (χ4n) is 2.90. The number of ether oxygens (including phenoxy) is 1. The third-order valence-corrected chi connectivity index (χ3v) is 5.12. The maximum absolute atomic E-state index is 12.2. The monoisotopic (exact) mass is 386 g/mol. The van der Waals surface area contributed by atoms with Gasteiger partial charge in [0.25, 0.3) is 0 Å². The number of rotatable bonds is 4. The summed E-state index contributed by atoms with van der Waals surface area (Å²) in [4.78, 5) is 12.2. The molecule has 2 aromatic rings. The third-order valence-electron chi connectivity index (χ3n) is 4.59. The van der Waals surface area contributed by atoms with Crippen LogP contribution in [0.2, 0.25) is 0 Å². The van der Waals surface area contributed by atoms with Gasteiger partial charge in [-0.1, -0.05) is 73.1 Å². The Bertz CT molecular complexity index is 711. The number of carbonyl (C=O) groups is 1. The summed E-state index contributed by atoms with van der Waals surface area (Å²) in [5.74, 6) is 0.250. The Labute approximate surface area is 152 Å². The van der Waals surface area contributed by atoms with Gasteiger partial charge < -0.3 is 4.74 Å². The molecule has 2 nitrogen and oxygen atoms in total. The summed E-state index contributed by atoms with van der Waals surface area (Å²) >= 11 is 3.40. The predicted molar refractivity (Wildman–Crippen MR) is 99.9 cm³/mol. The number of hydrogen-bond acceptors (Lipinski definition) is 2. The third kappa shape index (κ3) is 4.07. The zero-order valence-corrected chi connectivity index (χ0v) is 16.0. The van der Waals surface area contributed by atoms with Crippen molar-refractivity contribution < 1.29 is 9.53 Å². The van der Waals surface area contributed by atoms with Crippen LogP contribution in [0.25, 0.3) is 0 Å². The van der Waals surface area contributed by atoms with E-state index >= 15 is 0 Å². The number of carbonyl (C=O) groups excluding carboxylic acids is 1. The lowest BCUT2D eigenvalue weighted by Gasteiger charge is -2.19. The fraction of sp³-hybridized carbons (Fsp3) is 0.381. The van der Waals surface area contributed by atoms with Gasteiger partial charge in [0.1, 0.15) is 6.61 Å². The Kier molecular flexibility index (Phi) is 4.82. The lowest BCUT2D eigenvalue weighted by molar-refractivity contribution is -0.146. The molecule has 0 bridgehead atoms. The van der Waals surface area contributed by atoms with Crippen LogP contribution < -0.4 is 0 Å². The summed E-state index contributed by atoms with van der Waals surface area (Å²) < 4.78 is 6.49. The largest absolute Gasteiger partial charge is 0.461 e. The highest BCUT2D eigenvalue weighted by atomic mass is 79.9. The zero-order chi connectivity index (χ0) is 17.3. The molecule has 1 fully saturated rings. The van der Waals surface area contributed by atoms with Gasteiger partial charge in [-0.3, -0.25) is 4.79 Å². The Balaban J connectivity index is 1.54. The smallest absolute Gasteiger partial charge is 0.309 e. The summed E-state index contributed by atoms with van der Waals surface area (Å²) in [7, 11) is 0. The van der Waals surface area contributed by atoms with Crippen LogP contribution in [0, 0.1) is 5.92 Å². The molecule has 0 spiro atoms. The van der Waals surface area contributed by atoms with E-state index in [-0.39, 0.29) is 17.3 Å². The van der Waals surface area contributed by atoms with Crippen LogP contribution >= 0.6 is 15.9 Å². The van der Waals surface area contributed by atoms with Crippen molar-refractivity contribution in [3.63, 3.8) is 0 Å². The van der Waals surface area contributed by atoms with Crippen LogP contribution in [-0.2, 0) is 21.6 Å². The van der Waals surface area contributed by atoms with Gasteiger partial charge in [-0.15, -0.1) is 0 Å². The van der Waals surface area contributed by atoms with E-state index in [1.807, 2.05) is 24.3 Å². The Hall–Kier alpha value is -1.61. The van der Waals surface area contributed by atoms with Crippen molar-refractivity contribution >= 4 is 21.9 Å². The number of halogens is 1. The normalized spacial score (nSPS) is 19.8. The SMILES string of the molecule is CC(C)(C)c1ccc([C@@H]2C[C@@H]2C(=O)OCc2ccc(Br)cc2)cc1. The lowest BCUT2D eigenvalue weighted by Crippen LogP contribution is -2.11. The molecule has 3 rings (SSSR count). The summed E-state index contributed by atoms with van der Waals surface area (Å²) in [5, 5.41) is 0. The van der Waals surface area contributed by atoms with Gasteiger partial charge >= 0.3 is 5.97 Å². The Morgan fingerprint density at radius 2 is 1.71 bits per heavy atom. The van der Waals surface area contributed by atoms with Gasteiger partial charge in [0.05, 0.1) is 5.92 Å². The quantitative estimate of drug-likeness (QED) is 0.639. The highest BCUT2D eigenvalue weighted by molar-refractivity contribution is 9.10. The van der Waals surface area contributed by atoms with Crippen LogP contribution in [0.4, 0.5) is 0 Å². The predicted octanol–water partition coefficient (Wildman–Crippen LogP) is 5.59. The maximum atomic E-state index is 12.2. The fourth-order valence-corrected chi connectivity index (χ4v) is 3.16. The molecule has 0 N–H and O–H groups in total. The van der Waals surface area contributed by atoms with Gasteiger partial charge in [0.2, 0.25) is 0 Å². The maximum Gasteiger partial charge on any atom is 0.309 e. The molecule has 0 radical (unpaired) electrons. The lowest BCUT2D eigenvalue weighted by atomic mass is 9.86. The second kappa shape index (κ2) is 6.72. The van der Waals surface area contributed by atoms with Crippen molar-refractivity contribution in [3.05, 3.63) is 69.7 Å². The van der Waals surface area contributed by atoms with Crippen molar-refractivity contribution in [1.29, 1.82) is 0 Å². The average Bonchev–Trinajstić information content (AvgIpc) is 3.34. The van der Waals surface area contributed by atoms with Crippen molar-refractivity contribution in [3.8, 4) is 0 Å². The first-order chi connectivity index (χ1) is 11.3. The van der Waals surface area contributed by atoms with Gasteiger partial charge in [-0.05, 0) is 46.6 Å². The molecular formula is C21H23BrO2. The van der Waals surface area contributed by atoms with Crippen molar-refractivity contribution in [2.45, 2.75) is 45.1 Å². The molecule has 0 amide bonds. The molecular weight excluding hydrogens is 364 g/mol. The summed E-state index contributed by atoms with van der Waals surface area (Å²) in [6.45, 7) is 6.97. The number of esters is 1. The van der Waals surface area contributed by atoms with E-state index < -0.39 is 0 Å². The van der Waals surface area contributed by atoms with Gasteiger partial charge in [-0.25, -0.2) is 0 Å². The molecule has 2 atom stereocenters. The standard InChI is InChI=1S/C21H23BrO2/c1-21(2,3)16-8-6-15(7-9-16)18-12-19(18)20(23)24-13-14-4-10-17(22)11-5-14/h4-11,18-19H,12-13H2,1-3H3/t18-,19-/m0/s1. The second-order valence-electron chi connectivity index (χ2n) is 7.55. The van der Waals surface area contributed by atoms with Crippen LogP contribution in [0.5, 0.6) is 0 Å². The van der Waals surface area contributed by atoms with Crippen molar-refractivity contribution in [2.24, 2.45) is 5.92 Å². The number of hydrogen-bond donors (Lipinski definition) is 0. The molecule has 0 saturated heterocycles. The first-order valence-electron chi connectivity index (χ1n) is 8.36. The van der Waals surface area contributed by atoms with Crippen LogP contribution in [0.15, 0.2) is 53.0 Å². The first-order valence-corrected chi connectivity index (χ1v) is 9.15. The molecule has 24 heavy (non-hydrogen) atoms. The molecule has 0 unspecified atom stereocenters. The van der Waals surface area contributed by atoms with Crippen LogP contribution in [0.1, 0.15) is 49.8 Å². The zero-order valence-electron chi connectivity index (χ0n) is 14.4. The second-order valence-corrected chi connectivity index (χ2v) is 8.47. The van der Waals surface area contributed by atoms with Crippen LogP contribution in [-0.4, -0.2) is 5.97 Å². The van der Waals surface area contributed by atoms with E-state index in [0.29, 0.717) is 12.5 Å². The molecule has 0 aliphatic heterocycles. The van der Waals surface area contributed by atoms with Gasteiger partial charge in [0.15, 0.2) is 0 Å². The minimum Gasteiger partial charge on any atom is -0.461 e. The van der Waals surface area contributed by atoms with E-state index in [9.17, 15) is 4.79 Å². The molecule has 3 heteroatoms. The summed E-state index contributed by atoms with van der Waals surface area (Å²) in [6.07, 6.45) is 0.897. The molecule has 0 aromatic heterocycles. The Morgan fingerprint density at radius 1 is 1.08 bits per heavy atom. The average molecular weight is 387 g/mol. The van der Waals surface area contributed by atoms with E-state index in [1.165, 1.54) is 11.1 Å². The minimum atomic E-state index is -0.0807. The molecule has 126 valence electrons. The van der Waals surface area contributed by atoms with E-state index in [4.69, 9.17) is 4.74 Å². The number of benzene rings is 2. The van der Waals surface area contributed by atoms with E-state index in [1.54, 1.807) is 0 Å². The van der Waals surface area contributed by atoms with Crippen molar-refractivity contribution in [1.82, 2.24) is 0 Å². The molecule has 1 saturated carbocycles. The summed E-state index contributed by atoms with van der Waals surface area (Å²) in [5.41, 5.74) is 3.73. The minimum absolute atomic E-state index is 0.0148.